The zero-order chi connectivity index (χ0) is 17.8. The number of aryl methyl sites for hydroxylation is 1. The van der Waals surface area contributed by atoms with E-state index in [9.17, 15) is 9.18 Å². The molecule has 0 bridgehead atoms. The van der Waals surface area contributed by atoms with Gasteiger partial charge in [-0.2, -0.15) is 0 Å². The van der Waals surface area contributed by atoms with Gasteiger partial charge in [-0.15, -0.1) is 0 Å². The molecule has 5 heteroatoms. The molecule has 0 aromatic heterocycles. The zero-order valence-electron chi connectivity index (χ0n) is 14.3. The molecular formula is C20H22BrFN2O. The molecule has 0 unspecified atom stereocenters. The van der Waals surface area contributed by atoms with Crippen LogP contribution in [0.1, 0.15) is 34.3 Å². The van der Waals surface area contributed by atoms with Crippen molar-refractivity contribution < 1.29 is 9.18 Å². The van der Waals surface area contributed by atoms with Crippen molar-refractivity contribution in [3.63, 3.8) is 0 Å². The lowest BCUT2D eigenvalue weighted by Gasteiger charge is -2.32. The Morgan fingerprint density at radius 2 is 1.96 bits per heavy atom. The van der Waals surface area contributed by atoms with Crippen LogP contribution in [0.15, 0.2) is 46.9 Å². The minimum Gasteiger partial charge on any atom is -0.349 e. The van der Waals surface area contributed by atoms with E-state index in [1.165, 1.54) is 6.07 Å². The number of halogens is 2. The highest BCUT2D eigenvalue weighted by atomic mass is 79.9. The number of nitrogens with zero attached hydrogens (tertiary/aromatic N) is 1. The Morgan fingerprint density at radius 1 is 1.24 bits per heavy atom. The van der Waals surface area contributed by atoms with E-state index in [4.69, 9.17) is 0 Å². The summed E-state index contributed by atoms with van der Waals surface area (Å²) < 4.78 is 13.8. The molecule has 132 valence electrons. The summed E-state index contributed by atoms with van der Waals surface area (Å²) in [5.74, 6) is -0.222. The Kier molecular flexibility index (Phi) is 5.86. The standard InChI is InChI=1S/C20H22BrFN2O/c1-14-4-2-3-5-17(14)20(25)23-16-8-10-24(11-9-16)13-15-6-7-19(22)18(21)12-15/h2-7,12,16H,8-11,13H2,1H3,(H,23,25). The summed E-state index contributed by atoms with van der Waals surface area (Å²) in [7, 11) is 0. The first-order chi connectivity index (χ1) is 12.0. The van der Waals surface area contributed by atoms with Crippen molar-refractivity contribution >= 4 is 21.8 Å². The summed E-state index contributed by atoms with van der Waals surface area (Å²) in [6.45, 7) is 4.61. The molecule has 2 aromatic carbocycles. The second-order valence-corrected chi connectivity index (χ2v) is 7.44. The van der Waals surface area contributed by atoms with Gasteiger partial charge in [-0.25, -0.2) is 4.39 Å². The molecule has 0 aliphatic carbocycles. The van der Waals surface area contributed by atoms with Crippen LogP contribution in [-0.4, -0.2) is 29.9 Å². The Labute approximate surface area is 156 Å². The van der Waals surface area contributed by atoms with E-state index < -0.39 is 0 Å². The lowest BCUT2D eigenvalue weighted by molar-refractivity contribution is 0.0908. The van der Waals surface area contributed by atoms with Gasteiger partial charge < -0.3 is 5.32 Å². The van der Waals surface area contributed by atoms with Gasteiger partial charge >= 0.3 is 0 Å². The van der Waals surface area contributed by atoms with E-state index in [1.54, 1.807) is 0 Å². The van der Waals surface area contributed by atoms with Crippen LogP contribution in [0.2, 0.25) is 0 Å². The number of likely N-dealkylation sites (tertiary alicyclic amines) is 1. The van der Waals surface area contributed by atoms with Gasteiger partial charge in [0.2, 0.25) is 0 Å². The Balaban J connectivity index is 1.51. The fourth-order valence-corrected chi connectivity index (χ4v) is 3.65. The molecule has 1 heterocycles. The number of hydrogen-bond acceptors (Lipinski definition) is 2. The monoisotopic (exact) mass is 404 g/mol. The van der Waals surface area contributed by atoms with E-state index in [0.717, 1.165) is 49.2 Å². The summed E-state index contributed by atoms with van der Waals surface area (Å²) >= 11 is 3.23. The smallest absolute Gasteiger partial charge is 0.251 e. The topological polar surface area (TPSA) is 32.3 Å². The Morgan fingerprint density at radius 3 is 2.64 bits per heavy atom. The molecule has 3 nitrogen and oxygen atoms in total. The molecular weight excluding hydrogens is 383 g/mol. The summed E-state index contributed by atoms with van der Waals surface area (Å²) in [4.78, 5) is 14.8. The summed E-state index contributed by atoms with van der Waals surface area (Å²) in [5.41, 5.74) is 2.84. The highest BCUT2D eigenvalue weighted by Crippen LogP contribution is 2.20. The molecule has 2 aromatic rings. The highest BCUT2D eigenvalue weighted by Gasteiger charge is 2.21. The van der Waals surface area contributed by atoms with Crippen molar-refractivity contribution in [2.45, 2.75) is 32.4 Å². The zero-order valence-corrected chi connectivity index (χ0v) is 15.9. The number of rotatable bonds is 4. The summed E-state index contributed by atoms with van der Waals surface area (Å²) in [5, 5.41) is 3.15. The van der Waals surface area contributed by atoms with Gasteiger partial charge in [0.1, 0.15) is 5.82 Å². The molecule has 25 heavy (non-hydrogen) atoms. The van der Waals surface area contributed by atoms with Gasteiger partial charge in [-0.1, -0.05) is 24.3 Å². The predicted octanol–water partition coefficient (Wildman–Crippen LogP) is 4.29. The quantitative estimate of drug-likeness (QED) is 0.823. The van der Waals surface area contributed by atoms with E-state index >= 15 is 0 Å². The SMILES string of the molecule is Cc1ccccc1C(=O)NC1CCN(Cc2ccc(F)c(Br)c2)CC1. The van der Waals surface area contributed by atoms with Crippen LogP contribution in [0.5, 0.6) is 0 Å². The first-order valence-corrected chi connectivity index (χ1v) is 9.35. The molecule has 0 spiro atoms. The van der Waals surface area contributed by atoms with E-state index in [0.29, 0.717) is 4.47 Å². The summed E-state index contributed by atoms with van der Waals surface area (Å²) in [6.07, 6.45) is 1.86. The Bertz CT molecular complexity index is 757. The minimum atomic E-state index is -0.235. The number of amides is 1. The number of carbonyl (C=O) groups excluding carboxylic acids is 1. The van der Waals surface area contributed by atoms with Gasteiger partial charge in [0.05, 0.1) is 4.47 Å². The molecule has 1 amide bonds. The van der Waals surface area contributed by atoms with Crippen molar-refractivity contribution in [1.29, 1.82) is 0 Å². The molecule has 0 saturated carbocycles. The first kappa shape index (κ1) is 18.1. The second-order valence-electron chi connectivity index (χ2n) is 6.59. The van der Waals surface area contributed by atoms with Crippen molar-refractivity contribution in [3.8, 4) is 0 Å². The fraction of sp³-hybridized carbons (Fsp3) is 0.350. The normalized spacial score (nSPS) is 16.0. The lowest BCUT2D eigenvalue weighted by Crippen LogP contribution is -2.44. The molecule has 0 radical (unpaired) electrons. The maximum Gasteiger partial charge on any atom is 0.251 e. The molecule has 1 aliphatic heterocycles. The third-order valence-corrected chi connectivity index (χ3v) is 5.31. The molecule has 1 N–H and O–H groups in total. The molecule has 1 fully saturated rings. The molecule has 0 atom stereocenters. The number of hydrogen-bond donors (Lipinski definition) is 1. The van der Waals surface area contributed by atoms with Crippen LogP contribution in [0.3, 0.4) is 0 Å². The van der Waals surface area contributed by atoms with Crippen LogP contribution < -0.4 is 5.32 Å². The Hall–Kier alpha value is -1.72. The van der Waals surface area contributed by atoms with Gasteiger partial charge in [-0.3, -0.25) is 9.69 Å². The van der Waals surface area contributed by atoms with Crippen molar-refractivity contribution in [2.75, 3.05) is 13.1 Å². The number of benzene rings is 2. The molecule has 3 rings (SSSR count). The maximum absolute atomic E-state index is 13.3. The van der Waals surface area contributed by atoms with Crippen LogP contribution >= 0.6 is 15.9 Å². The van der Waals surface area contributed by atoms with Crippen LogP contribution in [-0.2, 0) is 6.54 Å². The number of nitrogens with one attached hydrogen (secondary N) is 1. The molecule has 1 saturated heterocycles. The number of piperidine rings is 1. The van der Waals surface area contributed by atoms with E-state index in [-0.39, 0.29) is 17.8 Å². The summed E-state index contributed by atoms with van der Waals surface area (Å²) in [6, 6.07) is 13.0. The third-order valence-electron chi connectivity index (χ3n) is 4.70. The fourth-order valence-electron chi connectivity index (χ4n) is 3.22. The first-order valence-electron chi connectivity index (χ1n) is 8.55. The van der Waals surface area contributed by atoms with Gasteiger partial charge in [-0.05, 0) is 65.0 Å². The largest absolute Gasteiger partial charge is 0.349 e. The lowest BCUT2D eigenvalue weighted by atomic mass is 10.0. The van der Waals surface area contributed by atoms with Crippen molar-refractivity contribution in [1.82, 2.24) is 10.2 Å². The van der Waals surface area contributed by atoms with Crippen molar-refractivity contribution in [3.05, 3.63) is 69.4 Å². The van der Waals surface area contributed by atoms with Crippen LogP contribution in [0.25, 0.3) is 0 Å². The van der Waals surface area contributed by atoms with E-state index in [2.05, 4.69) is 26.1 Å². The van der Waals surface area contributed by atoms with Gasteiger partial charge in [0, 0.05) is 31.2 Å². The van der Waals surface area contributed by atoms with Crippen LogP contribution in [0, 0.1) is 12.7 Å². The van der Waals surface area contributed by atoms with Crippen molar-refractivity contribution in [2.24, 2.45) is 0 Å². The van der Waals surface area contributed by atoms with Gasteiger partial charge in [0.25, 0.3) is 5.91 Å². The average molecular weight is 405 g/mol. The molecule has 1 aliphatic rings. The average Bonchev–Trinajstić information content (AvgIpc) is 2.60. The number of carbonyl (C=O) groups is 1. The van der Waals surface area contributed by atoms with E-state index in [1.807, 2.05) is 43.3 Å². The maximum atomic E-state index is 13.3. The predicted molar refractivity (Wildman–Crippen MR) is 101 cm³/mol. The third kappa shape index (κ3) is 4.67. The van der Waals surface area contributed by atoms with Crippen LogP contribution in [0.4, 0.5) is 4.39 Å². The highest BCUT2D eigenvalue weighted by molar-refractivity contribution is 9.10. The van der Waals surface area contributed by atoms with Gasteiger partial charge in [0.15, 0.2) is 0 Å². The minimum absolute atomic E-state index is 0.0130. The second kappa shape index (κ2) is 8.11.